The second-order valence-electron chi connectivity index (χ2n) is 3.91. The monoisotopic (exact) mass is 267 g/mol. The lowest BCUT2D eigenvalue weighted by Crippen LogP contribution is -2.38. The molecular formula is C13H15F2N3O. The van der Waals surface area contributed by atoms with Crippen molar-refractivity contribution in [3.63, 3.8) is 0 Å². The van der Waals surface area contributed by atoms with Crippen LogP contribution >= 0.6 is 0 Å². The van der Waals surface area contributed by atoms with Crippen LogP contribution in [0, 0.1) is 17.0 Å². The number of nitrogens with two attached hydrogens (primary N) is 1. The number of likely N-dealkylation sites (tertiary alicyclic amines) is 1. The van der Waals surface area contributed by atoms with Crippen LogP contribution in [0.3, 0.4) is 0 Å². The largest absolute Gasteiger partial charge is 0.351 e. The third-order valence-corrected chi connectivity index (χ3v) is 2.76. The smallest absolute Gasteiger partial charge is 0.320 e. The van der Waals surface area contributed by atoms with E-state index in [4.69, 9.17) is 11.1 Å². The maximum atomic E-state index is 13.1. The number of hydrogen-bond donors (Lipinski definition) is 2. The van der Waals surface area contributed by atoms with Gasteiger partial charge >= 0.3 is 6.03 Å². The first-order valence-corrected chi connectivity index (χ1v) is 5.61. The Morgan fingerprint density at radius 1 is 1.32 bits per heavy atom. The molecule has 0 unspecified atom stereocenters. The molecule has 0 aromatic heterocycles. The minimum Gasteiger partial charge on any atom is -0.351 e. The normalized spacial score (nSPS) is 17.9. The Hall–Kier alpha value is -2.24. The summed E-state index contributed by atoms with van der Waals surface area (Å²) < 4.78 is 26.2. The van der Waals surface area contributed by atoms with Crippen molar-refractivity contribution >= 4 is 11.9 Å². The van der Waals surface area contributed by atoms with Crippen LogP contribution < -0.4 is 5.73 Å². The van der Waals surface area contributed by atoms with Gasteiger partial charge in [-0.1, -0.05) is 0 Å². The lowest BCUT2D eigenvalue weighted by Gasteiger charge is -2.22. The average molecular weight is 267 g/mol. The van der Waals surface area contributed by atoms with E-state index >= 15 is 0 Å². The fourth-order valence-corrected chi connectivity index (χ4v) is 2.08. The van der Waals surface area contributed by atoms with Gasteiger partial charge in [-0.15, -0.1) is 13.2 Å². The topological polar surface area (TPSA) is 70.2 Å². The Labute approximate surface area is 110 Å². The predicted molar refractivity (Wildman–Crippen MR) is 68.7 cm³/mol. The molecular weight excluding hydrogens is 252 g/mol. The summed E-state index contributed by atoms with van der Waals surface area (Å²) in [6.07, 6.45) is 0.816. The molecule has 102 valence electrons. The number of urea groups is 1. The van der Waals surface area contributed by atoms with Gasteiger partial charge < -0.3 is 5.73 Å². The SMILES string of the molecule is C=C.N=C1CC[C@@H](c2cc(F)cc(F)c2)N1C(N)=O. The van der Waals surface area contributed by atoms with Crippen LogP contribution in [0.2, 0.25) is 0 Å². The molecule has 1 fully saturated rings. The van der Waals surface area contributed by atoms with Crippen LogP contribution in [0.5, 0.6) is 0 Å². The molecule has 1 aromatic carbocycles. The summed E-state index contributed by atoms with van der Waals surface area (Å²) in [6.45, 7) is 6.00. The molecule has 1 aromatic rings. The summed E-state index contributed by atoms with van der Waals surface area (Å²) in [5, 5.41) is 7.56. The third-order valence-electron chi connectivity index (χ3n) is 2.76. The minimum absolute atomic E-state index is 0.0761. The molecule has 0 bridgehead atoms. The number of hydrogen-bond acceptors (Lipinski definition) is 2. The fraction of sp³-hybridized carbons (Fsp3) is 0.231. The molecule has 0 radical (unpaired) electrons. The summed E-state index contributed by atoms with van der Waals surface area (Å²) in [4.78, 5) is 12.2. The second kappa shape index (κ2) is 6.08. The summed E-state index contributed by atoms with van der Waals surface area (Å²) in [7, 11) is 0. The van der Waals surface area contributed by atoms with Gasteiger partial charge in [-0.2, -0.15) is 0 Å². The van der Waals surface area contributed by atoms with Gasteiger partial charge in [0, 0.05) is 12.5 Å². The fourth-order valence-electron chi connectivity index (χ4n) is 2.08. The zero-order valence-electron chi connectivity index (χ0n) is 10.3. The molecule has 6 heteroatoms. The van der Waals surface area contributed by atoms with Crippen molar-refractivity contribution in [2.75, 3.05) is 0 Å². The Balaban J connectivity index is 0.000000861. The molecule has 1 aliphatic rings. The first-order valence-electron chi connectivity index (χ1n) is 5.61. The van der Waals surface area contributed by atoms with Gasteiger partial charge in [0.05, 0.1) is 6.04 Å². The Bertz CT molecular complexity index is 484. The first-order chi connectivity index (χ1) is 8.99. The van der Waals surface area contributed by atoms with E-state index in [1.54, 1.807) is 0 Å². The van der Waals surface area contributed by atoms with Crippen LogP contribution in [-0.2, 0) is 0 Å². The molecule has 0 saturated carbocycles. The second-order valence-corrected chi connectivity index (χ2v) is 3.91. The Morgan fingerprint density at radius 3 is 2.32 bits per heavy atom. The molecule has 2 rings (SSSR count). The number of nitrogens with one attached hydrogen (secondary N) is 1. The lowest BCUT2D eigenvalue weighted by molar-refractivity contribution is 0.221. The van der Waals surface area contributed by atoms with Gasteiger partial charge in [-0.25, -0.2) is 13.6 Å². The van der Waals surface area contributed by atoms with E-state index in [9.17, 15) is 13.6 Å². The predicted octanol–water partition coefficient (Wildman–Crippen LogP) is 2.96. The molecule has 1 aliphatic heterocycles. The number of amidine groups is 1. The van der Waals surface area contributed by atoms with Crippen molar-refractivity contribution in [1.82, 2.24) is 4.90 Å². The number of primary amides is 1. The highest BCUT2D eigenvalue weighted by atomic mass is 19.1. The number of carbonyl (C=O) groups excluding carboxylic acids is 1. The van der Waals surface area contributed by atoms with Gasteiger partial charge in [0.1, 0.15) is 17.5 Å². The lowest BCUT2D eigenvalue weighted by atomic mass is 10.0. The van der Waals surface area contributed by atoms with Crippen LogP contribution in [0.1, 0.15) is 24.4 Å². The molecule has 0 spiro atoms. The maximum Gasteiger partial charge on any atom is 0.320 e. The number of carbonyl (C=O) groups is 1. The molecule has 0 aliphatic carbocycles. The van der Waals surface area contributed by atoms with E-state index in [1.165, 1.54) is 0 Å². The zero-order chi connectivity index (χ0) is 14.6. The standard InChI is InChI=1S/C11H11F2N3O.C2H4/c12-7-3-6(4-8(13)5-7)9-1-2-10(14)16(9)11(15)17;1-2/h3-5,9,14H,1-2H2,(H2,15,17);1-2H2/t9-;/m0./s1. The number of halogens is 2. The highest BCUT2D eigenvalue weighted by Gasteiger charge is 2.33. The van der Waals surface area contributed by atoms with E-state index in [0.717, 1.165) is 23.1 Å². The molecule has 1 atom stereocenters. The summed E-state index contributed by atoms with van der Waals surface area (Å²) in [5.41, 5.74) is 5.47. The zero-order valence-corrected chi connectivity index (χ0v) is 10.3. The van der Waals surface area contributed by atoms with E-state index in [-0.39, 0.29) is 5.84 Å². The van der Waals surface area contributed by atoms with Crippen molar-refractivity contribution in [3.8, 4) is 0 Å². The van der Waals surface area contributed by atoms with E-state index in [1.807, 2.05) is 0 Å². The van der Waals surface area contributed by atoms with Gasteiger partial charge in [0.2, 0.25) is 0 Å². The molecule has 1 saturated heterocycles. The molecule has 3 N–H and O–H groups in total. The number of benzene rings is 1. The maximum absolute atomic E-state index is 13.1. The minimum atomic E-state index is -0.776. The molecule has 2 amide bonds. The van der Waals surface area contributed by atoms with Crippen LogP contribution in [-0.4, -0.2) is 16.8 Å². The van der Waals surface area contributed by atoms with Crippen molar-refractivity contribution < 1.29 is 13.6 Å². The summed E-state index contributed by atoms with van der Waals surface area (Å²) in [6, 6.07) is 1.75. The highest BCUT2D eigenvalue weighted by Crippen LogP contribution is 2.33. The van der Waals surface area contributed by atoms with Gasteiger partial charge in [0.25, 0.3) is 0 Å². The van der Waals surface area contributed by atoms with Gasteiger partial charge in [0.15, 0.2) is 0 Å². The summed E-state index contributed by atoms with van der Waals surface area (Å²) >= 11 is 0. The van der Waals surface area contributed by atoms with Gasteiger partial charge in [-0.3, -0.25) is 10.3 Å². The van der Waals surface area contributed by atoms with Crippen molar-refractivity contribution in [2.45, 2.75) is 18.9 Å². The van der Waals surface area contributed by atoms with Crippen molar-refractivity contribution in [2.24, 2.45) is 5.73 Å². The van der Waals surface area contributed by atoms with Crippen LogP contribution in [0.25, 0.3) is 0 Å². The van der Waals surface area contributed by atoms with Crippen molar-refractivity contribution in [3.05, 3.63) is 48.6 Å². The van der Waals surface area contributed by atoms with Crippen LogP contribution in [0.15, 0.2) is 31.4 Å². The molecule has 19 heavy (non-hydrogen) atoms. The Kier molecular flexibility index (Phi) is 4.74. The van der Waals surface area contributed by atoms with E-state index < -0.39 is 23.7 Å². The van der Waals surface area contributed by atoms with E-state index in [0.29, 0.717) is 18.4 Å². The van der Waals surface area contributed by atoms with Crippen molar-refractivity contribution in [1.29, 1.82) is 5.41 Å². The number of rotatable bonds is 1. The quantitative estimate of drug-likeness (QED) is 0.754. The molecule has 4 nitrogen and oxygen atoms in total. The Morgan fingerprint density at radius 2 is 1.84 bits per heavy atom. The van der Waals surface area contributed by atoms with E-state index in [2.05, 4.69) is 13.2 Å². The third kappa shape index (κ3) is 3.15. The van der Waals surface area contributed by atoms with Gasteiger partial charge in [-0.05, 0) is 24.1 Å². The average Bonchev–Trinajstić information content (AvgIpc) is 2.72. The highest BCUT2D eigenvalue weighted by molar-refractivity contribution is 5.97. The molecule has 1 heterocycles. The first kappa shape index (κ1) is 14.8. The number of amides is 2. The number of nitrogens with zero attached hydrogens (tertiary/aromatic N) is 1. The van der Waals surface area contributed by atoms with Crippen LogP contribution in [0.4, 0.5) is 13.6 Å². The summed E-state index contributed by atoms with van der Waals surface area (Å²) in [5.74, 6) is -1.34.